The third-order valence-corrected chi connectivity index (χ3v) is 3.15. The zero-order chi connectivity index (χ0) is 22.6. The summed E-state index contributed by atoms with van der Waals surface area (Å²) in [6.45, 7) is 6.92. The van der Waals surface area contributed by atoms with Gasteiger partial charge in [0.25, 0.3) is 0 Å². The minimum Gasteiger partial charge on any atom is -0.460 e. The smallest absolute Gasteiger partial charge is 0.330 e. The van der Waals surface area contributed by atoms with Gasteiger partial charge in [0.2, 0.25) is 0 Å². The van der Waals surface area contributed by atoms with Crippen molar-refractivity contribution in [1.29, 1.82) is 0 Å². The van der Waals surface area contributed by atoms with Crippen LogP contribution in [0.15, 0.2) is 25.3 Å². The molecule has 3 N–H and O–H groups in total. The zero-order valence-corrected chi connectivity index (χ0v) is 17.0. The molecule has 0 aliphatic rings. The number of aliphatic hydroxyl groups excluding tert-OH is 3. The first-order chi connectivity index (χ1) is 14.4. The number of hydrogen-bond donors (Lipinski definition) is 3. The highest BCUT2D eigenvalue weighted by atomic mass is 16.6. The van der Waals surface area contributed by atoms with Crippen LogP contribution >= 0.6 is 0 Å². The molecule has 30 heavy (non-hydrogen) atoms. The standard InChI is InChI=1S/C19H32O11/c1-3-18(23)29-13-16(21)11-27-7-5-25-9-15(20)10-26-6-8-28-12-17(22)14-30-19(24)4-2/h3-4,15-17,20-22H,1-2,5-14H2. The maximum Gasteiger partial charge on any atom is 0.330 e. The van der Waals surface area contributed by atoms with Gasteiger partial charge in [-0.05, 0) is 0 Å². The summed E-state index contributed by atoms with van der Waals surface area (Å²) < 4.78 is 30.0. The van der Waals surface area contributed by atoms with Gasteiger partial charge in [0, 0.05) is 12.2 Å². The first-order valence-electron chi connectivity index (χ1n) is 9.32. The van der Waals surface area contributed by atoms with Crippen molar-refractivity contribution in [2.45, 2.75) is 18.3 Å². The highest BCUT2D eigenvalue weighted by Gasteiger charge is 2.09. The van der Waals surface area contributed by atoms with Crippen LogP contribution in [0, 0.1) is 0 Å². The molecule has 11 heteroatoms. The number of hydrogen-bond acceptors (Lipinski definition) is 11. The fourth-order valence-electron chi connectivity index (χ4n) is 1.73. The van der Waals surface area contributed by atoms with E-state index in [0.717, 1.165) is 12.2 Å². The lowest BCUT2D eigenvalue weighted by Gasteiger charge is -2.14. The average molecular weight is 436 g/mol. The first-order valence-corrected chi connectivity index (χ1v) is 9.32. The van der Waals surface area contributed by atoms with E-state index in [1.54, 1.807) is 0 Å². The van der Waals surface area contributed by atoms with Crippen molar-refractivity contribution in [1.82, 2.24) is 0 Å². The number of esters is 2. The quantitative estimate of drug-likeness (QED) is 0.117. The molecule has 0 aliphatic carbocycles. The Hall–Kier alpha value is -1.86. The van der Waals surface area contributed by atoms with Crippen molar-refractivity contribution in [3.8, 4) is 0 Å². The molecule has 174 valence electrons. The lowest BCUT2D eigenvalue weighted by atomic mass is 10.4. The predicted molar refractivity (Wildman–Crippen MR) is 104 cm³/mol. The van der Waals surface area contributed by atoms with Crippen LogP contribution in [0.1, 0.15) is 0 Å². The van der Waals surface area contributed by atoms with E-state index >= 15 is 0 Å². The van der Waals surface area contributed by atoms with Crippen LogP contribution in [-0.4, -0.2) is 112 Å². The van der Waals surface area contributed by atoms with Gasteiger partial charge in [0.15, 0.2) is 0 Å². The largest absolute Gasteiger partial charge is 0.460 e. The summed E-state index contributed by atoms with van der Waals surface area (Å²) >= 11 is 0. The number of ether oxygens (including phenoxy) is 6. The second-order valence-electron chi connectivity index (χ2n) is 5.93. The van der Waals surface area contributed by atoms with Crippen molar-refractivity contribution in [2.75, 3.05) is 66.1 Å². The van der Waals surface area contributed by atoms with Gasteiger partial charge in [-0.15, -0.1) is 0 Å². The van der Waals surface area contributed by atoms with Gasteiger partial charge in [-0.25, -0.2) is 9.59 Å². The van der Waals surface area contributed by atoms with Crippen LogP contribution in [0.4, 0.5) is 0 Å². The molecular weight excluding hydrogens is 404 g/mol. The van der Waals surface area contributed by atoms with Crippen molar-refractivity contribution < 1.29 is 53.3 Å². The van der Waals surface area contributed by atoms with E-state index in [2.05, 4.69) is 22.6 Å². The Labute approximate surface area is 175 Å². The Kier molecular flexibility index (Phi) is 17.9. The summed E-state index contributed by atoms with van der Waals surface area (Å²) in [4.78, 5) is 21.6. The first kappa shape index (κ1) is 28.1. The molecule has 0 saturated heterocycles. The van der Waals surface area contributed by atoms with E-state index < -0.39 is 30.3 Å². The molecule has 2 atom stereocenters. The Balaban J connectivity index is 3.44. The lowest BCUT2D eigenvalue weighted by molar-refractivity contribution is -0.142. The summed E-state index contributed by atoms with van der Waals surface area (Å²) in [6, 6.07) is 0. The second kappa shape index (κ2) is 19.1. The van der Waals surface area contributed by atoms with Crippen LogP contribution in [0.2, 0.25) is 0 Å². The van der Waals surface area contributed by atoms with Crippen molar-refractivity contribution in [3.05, 3.63) is 25.3 Å². The normalized spacial score (nSPS) is 13.8. The fourth-order valence-corrected chi connectivity index (χ4v) is 1.73. The molecule has 0 heterocycles. The van der Waals surface area contributed by atoms with Gasteiger partial charge < -0.3 is 43.7 Å². The van der Waals surface area contributed by atoms with Crippen molar-refractivity contribution in [3.63, 3.8) is 0 Å². The van der Waals surface area contributed by atoms with E-state index in [4.69, 9.17) is 18.9 Å². The molecule has 0 radical (unpaired) electrons. The summed E-state index contributed by atoms with van der Waals surface area (Å²) in [5, 5.41) is 28.7. The Morgan fingerprint density at radius 3 is 1.13 bits per heavy atom. The highest BCUT2D eigenvalue weighted by molar-refractivity contribution is 5.81. The molecule has 0 saturated carbocycles. The maximum absolute atomic E-state index is 10.8. The molecule has 0 amide bonds. The van der Waals surface area contributed by atoms with E-state index in [1.165, 1.54) is 0 Å². The van der Waals surface area contributed by atoms with Crippen LogP contribution in [0.25, 0.3) is 0 Å². The van der Waals surface area contributed by atoms with Crippen LogP contribution in [0.5, 0.6) is 0 Å². The molecule has 0 aromatic carbocycles. The Morgan fingerprint density at radius 1 is 0.600 bits per heavy atom. The average Bonchev–Trinajstić information content (AvgIpc) is 2.74. The Morgan fingerprint density at radius 2 is 0.867 bits per heavy atom. The molecule has 0 fully saturated rings. The molecule has 0 rings (SSSR count). The maximum atomic E-state index is 10.8. The van der Waals surface area contributed by atoms with Gasteiger partial charge in [0.1, 0.15) is 31.5 Å². The molecule has 0 bridgehead atoms. The third-order valence-electron chi connectivity index (χ3n) is 3.15. The van der Waals surface area contributed by atoms with Crippen LogP contribution in [0.3, 0.4) is 0 Å². The molecule has 11 nitrogen and oxygen atoms in total. The van der Waals surface area contributed by atoms with Gasteiger partial charge in [-0.2, -0.15) is 0 Å². The SMILES string of the molecule is C=CC(=O)OCC(O)COCCOCC(O)COCCOCC(O)COC(=O)C=C. The molecule has 0 aromatic heterocycles. The van der Waals surface area contributed by atoms with Gasteiger partial charge >= 0.3 is 11.9 Å². The lowest BCUT2D eigenvalue weighted by Crippen LogP contribution is -2.26. The minimum absolute atomic E-state index is 0.0230. The van der Waals surface area contributed by atoms with E-state index in [-0.39, 0.29) is 66.1 Å². The molecule has 0 aromatic rings. The van der Waals surface area contributed by atoms with Gasteiger partial charge in [-0.3, -0.25) is 0 Å². The van der Waals surface area contributed by atoms with Gasteiger partial charge in [0.05, 0.1) is 52.9 Å². The number of rotatable bonds is 20. The number of aliphatic hydroxyl groups is 3. The van der Waals surface area contributed by atoms with E-state index in [9.17, 15) is 24.9 Å². The van der Waals surface area contributed by atoms with Crippen molar-refractivity contribution >= 4 is 11.9 Å². The zero-order valence-electron chi connectivity index (χ0n) is 17.0. The van der Waals surface area contributed by atoms with Gasteiger partial charge in [-0.1, -0.05) is 13.2 Å². The summed E-state index contributed by atoms with van der Waals surface area (Å²) in [5.41, 5.74) is 0. The number of carbonyl (C=O) groups is 2. The minimum atomic E-state index is -0.946. The predicted octanol–water partition coefficient (Wildman–Crippen LogP) is -1.41. The van der Waals surface area contributed by atoms with Crippen molar-refractivity contribution in [2.24, 2.45) is 0 Å². The highest BCUT2D eigenvalue weighted by Crippen LogP contribution is 1.93. The summed E-state index contributed by atoms with van der Waals surface area (Å²) in [7, 11) is 0. The Bertz CT molecular complexity index is 441. The van der Waals surface area contributed by atoms with Crippen LogP contribution in [-0.2, 0) is 38.0 Å². The summed E-state index contributed by atoms with van der Waals surface area (Å²) in [5.74, 6) is -1.24. The molecular formula is C19H32O11. The molecule has 2 unspecified atom stereocenters. The molecule has 0 aliphatic heterocycles. The van der Waals surface area contributed by atoms with Crippen LogP contribution < -0.4 is 0 Å². The molecule has 0 spiro atoms. The van der Waals surface area contributed by atoms with E-state index in [1.807, 2.05) is 0 Å². The van der Waals surface area contributed by atoms with E-state index in [0.29, 0.717) is 0 Å². The third kappa shape index (κ3) is 18.2. The second-order valence-corrected chi connectivity index (χ2v) is 5.93. The number of carbonyl (C=O) groups excluding carboxylic acids is 2. The topological polar surface area (TPSA) is 150 Å². The fraction of sp³-hybridized carbons (Fsp3) is 0.684. The summed E-state index contributed by atoms with van der Waals surface area (Å²) in [6.07, 6.45) is -0.727. The monoisotopic (exact) mass is 436 g/mol.